The van der Waals surface area contributed by atoms with E-state index < -0.39 is 0 Å². The maximum Gasteiger partial charge on any atom is 0.264 e. The quantitative estimate of drug-likeness (QED) is 0.452. The van der Waals surface area contributed by atoms with E-state index in [-0.39, 0.29) is 12.5 Å². The Morgan fingerprint density at radius 2 is 1.72 bits per heavy atom. The number of carbonyl (C=O) groups excluding carboxylic acids is 1. The van der Waals surface area contributed by atoms with Gasteiger partial charge in [0.2, 0.25) is 0 Å². The number of aromatic nitrogens is 1. The molecule has 0 aliphatic heterocycles. The Labute approximate surface area is 174 Å². The number of thiazole rings is 1. The third-order valence-electron chi connectivity index (χ3n) is 4.75. The lowest BCUT2D eigenvalue weighted by molar-refractivity contribution is -0.118. The molecule has 0 fully saturated rings. The van der Waals surface area contributed by atoms with Gasteiger partial charge in [-0.05, 0) is 48.7 Å². The SMILES string of the molecule is Cc1cc(C)c(OCC(=O)Nc2nc(-c3ccc4ccccc4c3)cs2)c(C)c1. The van der Waals surface area contributed by atoms with Crippen molar-refractivity contribution in [2.24, 2.45) is 0 Å². The molecule has 4 nitrogen and oxygen atoms in total. The highest BCUT2D eigenvalue weighted by Crippen LogP contribution is 2.28. The van der Waals surface area contributed by atoms with Crippen LogP contribution in [0.3, 0.4) is 0 Å². The molecule has 0 radical (unpaired) electrons. The lowest BCUT2D eigenvalue weighted by Crippen LogP contribution is -2.20. The van der Waals surface area contributed by atoms with Gasteiger partial charge in [-0.2, -0.15) is 0 Å². The first-order valence-electron chi connectivity index (χ1n) is 9.45. The average molecular weight is 403 g/mol. The van der Waals surface area contributed by atoms with Crippen LogP contribution in [-0.4, -0.2) is 17.5 Å². The third kappa shape index (κ3) is 4.30. The van der Waals surface area contributed by atoms with Gasteiger partial charge in [0.15, 0.2) is 11.7 Å². The highest BCUT2D eigenvalue weighted by atomic mass is 32.1. The van der Waals surface area contributed by atoms with Crippen molar-refractivity contribution in [3.63, 3.8) is 0 Å². The largest absolute Gasteiger partial charge is 0.483 e. The summed E-state index contributed by atoms with van der Waals surface area (Å²) >= 11 is 1.41. The molecule has 0 bridgehead atoms. The summed E-state index contributed by atoms with van der Waals surface area (Å²) in [6.45, 7) is 5.98. The highest BCUT2D eigenvalue weighted by molar-refractivity contribution is 7.14. The predicted octanol–water partition coefficient (Wildman–Crippen LogP) is 5.91. The molecule has 0 saturated heterocycles. The van der Waals surface area contributed by atoms with Crippen LogP contribution in [0.5, 0.6) is 5.75 Å². The Morgan fingerprint density at radius 1 is 1.00 bits per heavy atom. The first kappa shape index (κ1) is 19.2. The van der Waals surface area contributed by atoms with Crippen molar-refractivity contribution in [3.8, 4) is 17.0 Å². The Hall–Kier alpha value is -3.18. The number of fused-ring (bicyclic) bond motifs is 1. The van der Waals surface area contributed by atoms with E-state index in [9.17, 15) is 4.79 Å². The van der Waals surface area contributed by atoms with Crippen LogP contribution in [0.2, 0.25) is 0 Å². The molecule has 0 aliphatic rings. The van der Waals surface area contributed by atoms with E-state index in [0.717, 1.165) is 28.1 Å². The van der Waals surface area contributed by atoms with E-state index in [1.165, 1.54) is 27.7 Å². The normalized spacial score (nSPS) is 10.9. The molecular weight excluding hydrogens is 380 g/mol. The molecule has 5 heteroatoms. The van der Waals surface area contributed by atoms with Gasteiger partial charge >= 0.3 is 0 Å². The van der Waals surface area contributed by atoms with Crippen LogP contribution < -0.4 is 10.1 Å². The summed E-state index contributed by atoms with van der Waals surface area (Å²) in [7, 11) is 0. The summed E-state index contributed by atoms with van der Waals surface area (Å²) in [5.74, 6) is 0.547. The molecule has 3 aromatic carbocycles. The lowest BCUT2D eigenvalue weighted by atomic mass is 10.1. The maximum absolute atomic E-state index is 12.3. The zero-order valence-corrected chi connectivity index (χ0v) is 17.5. The number of nitrogens with one attached hydrogen (secondary N) is 1. The van der Waals surface area contributed by atoms with Gasteiger partial charge in [-0.25, -0.2) is 4.98 Å². The number of ether oxygens (including phenoxy) is 1. The van der Waals surface area contributed by atoms with Gasteiger partial charge in [0.05, 0.1) is 5.69 Å². The van der Waals surface area contributed by atoms with Crippen LogP contribution in [0.25, 0.3) is 22.0 Å². The molecule has 146 valence electrons. The molecule has 1 aromatic heterocycles. The van der Waals surface area contributed by atoms with Crippen molar-refractivity contribution in [1.29, 1.82) is 0 Å². The minimum Gasteiger partial charge on any atom is -0.483 e. The fourth-order valence-electron chi connectivity index (χ4n) is 3.50. The van der Waals surface area contributed by atoms with Crippen LogP contribution in [0.4, 0.5) is 5.13 Å². The summed E-state index contributed by atoms with van der Waals surface area (Å²) < 4.78 is 5.76. The first-order chi connectivity index (χ1) is 14.0. The van der Waals surface area contributed by atoms with Crippen molar-refractivity contribution in [3.05, 3.63) is 76.7 Å². The first-order valence-corrected chi connectivity index (χ1v) is 10.3. The number of hydrogen-bond acceptors (Lipinski definition) is 4. The second-order valence-electron chi connectivity index (χ2n) is 7.16. The van der Waals surface area contributed by atoms with Crippen molar-refractivity contribution >= 4 is 33.1 Å². The summed E-state index contributed by atoms with van der Waals surface area (Å²) in [6.07, 6.45) is 0. The van der Waals surface area contributed by atoms with Gasteiger partial charge in [0.1, 0.15) is 5.75 Å². The second-order valence-corrected chi connectivity index (χ2v) is 8.02. The highest BCUT2D eigenvalue weighted by Gasteiger charge is 2.11. The van der Waals surface area contributed by atoms with E-state index in [4.69, 9.17) is 4.74 Å². The van der Waals surface area contributed by atoms with Crippen molar-refractivity contribution in [2.45, 2.75) is 20.8 Å². The molecule has 1 heterocycles. The van der Waals surface area contributed by atoms with Gasteiger partial charge in [0, 0.05) is 10.9 Å². The molecule has 0 aliphatic carbocycles. The number of nitrogens with zero attached hydrogens (tertiary/aromatic N) is 1. The number of hydrogen-bond donors (Lipinski definition) is 1. The number of benzene rings is 3. The number of carbonyl (C=O) groups is 1. The Bertz CT molecular complexity index is 1170. The van der Waals surface area contributed by atoms with E-state index in [2.05, 4.69) is 52.8 Å². The number of anilines is 1. The topological polar surface area (TPSA) is 51.2 Å². The molecule has 1 N–H and O–H groups in total. The van der Waals surface area contributed by atoms with Crippen molar-refractivity contribution < 1.29 is 9.53 Å². The van der Waals surface area contributed by atoms with Gasteiger partial charge in [-0.15, -0.1) is 11.3 Å². The smallest absolute Gasteiger partial charge is 0.264 e. The standard InChI is InChI=1S/C24H22N2O2S/c1-15-10-16(2)23(17(3)11-15)28-13-22(27)26-24-25-21(14-29-24)20-9-8-18-6-4-5-7-19(18)12-20/h4-12,14H,13H2,1-3H3,(H,25,26,27). The van der Waals surface area contributed by atoms with Crippen LogP contribution >= 0.6 is 11.3 Å². The molecular formula is C24H22N2O2S. The predicted molar refractivity (Wildman–Crippen MR) is 120 cm³/mol. The van der Waals surface area contributed by atoms with Crippen LogP contribution in [0.15, 0.2) is 60.0 Å². The van der Waals surface area contributed by atoms with Crippen LogP contribution in [0, 0.1) is 20.8 Å². The van der Waals surface area contributed by atoms with E-state index in [1.54, 1.807) is 0 Å². The molecule has 29 heavy (non-hydrogen) atoms. The maximum atomic E-state index is 12.3. The zero-order valence-electron chi connectivity index (χ0n) is 16.7. The summed E-state index contributed by atoms with van der Waals surface area (Å²) in [5, 5.41) is 7.72. The fourth-order valence-corrected chi connectivity index (χ4v) is 4.24. The Morgan fingerprint density at radius 3 is 2.48 bits per heavy atom. The van der Waals surface area contributed by atoms with Crippen molar-refractivity contribution in [1.82, 2.24) is 4.98 Å². The lowest BCUT2D eigenvalue weighted by Gasteiger charge is -2.12. The number of aryl methyl sites for hydroxylation is 3. The number of amides is 1. The number of rotatable bonds is 5. The zero-order chi connectivity index (χ0) is 20.4. The second kappa shape index (κ2) is 8.05. The Kier molecular flexibility index (Phi) is 5.32. The Balaban J connectivity index is 1.43. The van der Waals surface area contributed by atoms with Gasteiger partial charge < -0.3 is 4.74 Å². The molecule has 4 aromatic rings. The molecule has 1 amide bonds. The van der Waals surface area contributed by atoms with Gasteiger partial charge in [0.25, 0.3) is 5.91 Å². The minimum absolute atomic E-state index is 0.0460. The van der Waals surface area contributed by atoms with E-state index in [0.29, 0.717) is 5.13 Å². The van der Waals surface area contributed by atoms with E-state index >= 15 is 0 Å². The molecule has 0 spiro atoms. The minimum atomic E-state index is -0.219. The fraction of sp³-hybridized carbons (Fsp3) is 0.167. The van der Waals surface area contributed by atoms with E-state index in [1.807, 2.05) is 38.3 Å². The van der Waals surface area contributed by atoms with Crippen molar-refractivity contribution in [2.75, 3.05) is 11.9 Å². The molecule has 0 unspecified atom stereocenters. The molecule has 4 rings (SSSR count). The van der Waals surface area contributed by atoms with Gasteiger partial charge in [-0.1, -0.05) is 54.1 Å². The monoisotopic (exact) mass is 402 g/mol. The summed E-state index contributed by atoms with van der Waals surface area (Å²) in [5.41, 5.74) is 5.12. The summed E-state index contributed by atoms with van der Waals surface area (Å²) in [4.78, 5) is 16.9. The average Bonchev–Trinajstić information content (AvgIpc) is 3.15. The molecule has 0 atom stereocenters. The molecule has 0 saturated carbocycles. The third-order valence-corrected chi connectivity index (χ3v) is 5.51. The van der Waals surface area contributed by atoms with Crippen LogP contribution in [-0.2, 0) is 4.79 Å². The van der Waals surface area contributed by atoms with Gasteiger partial charge in [-0.3, -0.25) is 10.1 Å². The van der Waals surface area contributed by atoms with Crippen LogP contribution in [0.1, 0.15) is 16.7 Å². The summed E-state index contributed by atoms with van der Waals surface area (Å²) in [6, 6.07) is 18.6.